The number of ether oxygens (including phenoxy) is 3. The molecule has 11 heteroatoms. The number of nitrogens with one attached hydrogen (secondary N) is 2. The number of amides is 1. The molecule has 0 bridgehead atoms. The quantitative estimate of drug-likeness (QED) is 0.213. The highest BCUT2D eigenvalue weighted by molar-refractivity contribution is 7.99. The van der Waals surface area contributed by atoms with Gasteiger partial charge >= 0.3 is 0 Å². The fourth-order valence-electron chi connectivity index (χ4n) is 3.20. The third-order valence-electron chi connectivity index (χ3n) is 4.78. The summed E-state index contributed by atoms with van der Waals surface area (Å²) < 4.78 is 17.7. The molecule has 3 rings (SSSR count). The number of nitrogens with zero attached hydrogens (tertiary/aromatic N) is 4. The molecule has 0 aliphatic carbocycles. The second kappa shape index (κ2) is 12.4. The molecule has 1 amide bonds. The van der Waals surface area contributed by atoms with Crippen molar-refractivity contribution in [3.63, 3.8) is 0 Å². The molecule has 0 fully saturated rings. The summed E-state index contributed by atoms with van der Waals surface area (Å²) in [7, 11) is 3.10. The Kier molecular flexibility index (Phi) is 9.34. The average Bonchev–Trinajstić information content (AvgIpc) is 3.23. The maximum atomic E-state index is 12.7. The van der Waals surface area contributed by atoms with Gasteiger partial charge < -0.3 is 24.8 Å². The van der Waals surface area contributed by atoms with Gasteiger partial charge in [0, 0.05) is 36.6 Å². The molecule has 3 aromatic rings. The molecule has 2 N–H and O–H groups in total. The van der Waals surface area contributed by atoms with E-state index in [0.717, 1.165) is 11.2 Å². The molecule has 1 aromatic carbocycles. The van der Waals surface area contributed by atoms with E-state index in [-0.39, 0.29) is 5.91 Å². The monoisotopic (exact) mass is 488 g/mol. The fourth-order valence-corrected chi connectivity index (χ4v) is 3.90. The second-order valence-electron chi connectivity index (χ2n) is 7.61. The molecule has 0 spiro atoms. The van der Waals surface area contributed by atoms with Gasteiger partial charge in [0.25, 0.3) is 5.91 Å². The first-order valence-corrected chi connectivity index (χ1v) is 12.1. The highest BCUT2D eigenvalue weighted by Gasteiger charge is 2.15. The van der Waals surface area contributed by atoms with Crippen LogP contribution in [0.15, 0.2) is 29.6 Å². The lowest BCUT2D eigenvalue weighted by Gasteiger charge is -2.11. The molecule has 0 saturated carbocycles. The van der Waals surface area contributed by atoms with Crippen LogP contribution in [0.4, 0.5) is 5.82 Å². The summed E-state index contributed by atoms with van der Waals surface area (Å²) >= 11 is 1.59. The Morgan fingerprint density at radius 2 is 1.85 bits per heavy atom. The van der Waals surface area contributed by atoms with E-state index in [1.165, 1.54) is 0 Å². The number of anilines is 1. The molecule has 0 radical (unpaired) electrons. The molecular formula is C23H32N6O4S. The summed E-state index contributed by atoms with van der Waals surface area (Å²) in [6.07, 6.45) is 1.75. The molecule has 0 aliphatic heterocycles. The van der Waals surface area contributed by atoms with Crippen LogP contribution in [0, 0.1) is 0 Å². The normalized spacial score (nSPS) is 11.1. The SMILES string of the molecule is CCOCCNc1nc(SC(C)C)nc2c1cnn2CCNC(=O)c1cc(OC)cc(OC)c1. The smallest absolute Gasteiger partial charge is 0.251 e. The molecule has 2 heterocycles. The molecule has 0 aliphatic rings. The minimum absolute atomic E-state index is 0.224. The largest absolute Gasteiger partial charge is 0.497 e. The van der Waals surface area contributed by atoms with E-state index in [4.69, 9.17) is 19.2 Å². The predicted molar refractivity (Wildman–Crippen MR) is 133 cm³/mol. The van der Waals surface area contributed by atoms with Crippen LogP contribution in [0.2, 0.25) is 0 Å². The number of benzene rings is 1. The van der Waals surface area contributed by atoms with E-state index < -0.39 is 0 Å². The Morgan fingerprint density at radius 3 is 2.50 bits per heavy atom. The summed E-state index contributed by atoms with van der Waals surface area (Å²) in [5, 5.41) is 12.6. The lowest BCUT2D eigenvalue weighted by Crippen LogP contribution is -2.27. The van der Waals surface area contributed by atoms with Crippen molar-refractivity contribution in [3.05, 3.63) is 30.0 Å². The Morgan fingerprint density at radius 1 is 1.12 bits per heavy atom. The molecule has 0 saturated heterocycles. The first-order chi connectivity index (χ1) is 16.4. The van der Waals surface area contributed by atoms with Crippen molar-refractivity contribution in [2.45, 2.75) is 37.7 Å². The van der Waals surface area contributed by atoms with Crippen molar-refractivity contribution in [1.82, 2.24) is 25.1 Å². The Balaban J connectivity index is 1.73. The number of hydrogen-bond donors (Lipinski definition) is 2. The molecule has 2 aromatic heterocycles. The van der Waals surface area contributed by atoms with E-state index in [0.29, 0.717) is 66.0 Å². The van der Waals surface area contributed by atoms with Gasteiger partial charge in [-0.15, -0.1) is 0 Å². The maximum Gasteiger partial charge on any atom is 0.251 e. The van der Waals surface area contributed by atoms with Gasteiger partial charge in [0.15, 0.2) is 10.8 Å². The van der Waals surface area contributed by atoms with Gasteiger partial charge in [0.2, 0.25) is 0 Å². The third kappa shape index (κ3) is 6.73. The van der Waals surface area contributed by atoms with Crippen LogP contribution in [0.5, 0.6) is 11.5 Å². The number of aromatic nitrogens is 4. The predicted octanol–water partition coefficient (Wildman–Crippen LogP) is 3.22. The highest BCUT2D eigenvalue weighted by atomic mass is 32.2. The van der Waals surface area contributed by atoms with Crippen LogP contribution < -0.4 is 20.1 Å². The zero-order valence-corrected chi connectivity index (χ0v) is 21.1. The van der Waals surface area contributed by atoms with Crippen LogP contribution in [0.3, 0.4) is 0 Å². The molecular weight excluding hydrogens is 456 g/mol. The van der Waals surface area contributed by atoms with Crippen molar-refractivity contribution < 1.29 is 19.0 Å². The Labute approximate surface area is 203 Å². The number of rotatable bonds is 13. The Hall–Kier alpha value is -3.05. The zero-order chi connectivity index (χ0) is 24.5. The molecule has 10 nitrogen and oxygen atoms in total. The van der Waals surface area contributed by atoms with Crippen LogP contribution in [-0.2, 0) is 11.3 Å². The summed E-state index contributed by atoms with van der Waals surface area (Å²) in [4.78, 5) is 22.1. The fraction of sp³-hybridized carbons (Fsp3) is 0.478. The topological polar surface area (TPSA) is 112 Å². The van der Waals surface area contributed by atoms with Crippen LogP contribution >= 0.6 is 11.8 Å². The number of fused-ring (bicyclic) bond motifs is 1. The van der Waals surface area contributed by atoms with Crippen LogP contribution in [-0.4, -0.2) is 71.4 Å². The molecule has 34 heavy (non-hydrogen) atoms. The number of hydrogen-bond acceptors (Lipinski definition) is 9. The van der Waals surface area contributed by atoms with E-state index in [1.54, 1.807) is 55.1 Å². The van der Waals surface area contributed by atoms with E-state index in [1.807, 2.05) is 6.92 Å². The van der Waals surface area contributed by atoms with Crippen LogP contribution in [0.1, 0.15) is 31.1 Å². The van der Waals surface area contributed by atoms with Gasteiger partial charge in [-0.1, -0.05) is 25.6 Å². The van der Waals surface area contributed by atoms with Crippen molar-refractivity contribution in [2.24, 2.45) is 0 Å². The number of thioether (sulfide) groups is 1. The minimum atomic E-state index is -0.224. The summed E-state index contributed by atoms with van der Waals surface area (Å²) in [6, 6.07) is 5.06. The average molecular weight is 489 g/mol. The lowest BCUT2D eigenvalue weighted by atomic mass is 10.2. The van der Waals surface area contributed by atoms with E-state index in [2.05, 4.69) is 34.6 Å². The van der Waals surface area contributed by atoms with Gasteiger partial charge in [0.1, 0.15) is 17.3 Å². The van der Waals surface area contributed by atoms with Crippen molar-refractivity contribution in [2.75, 3.05) is 45.8 Å². The summed E-state index contributed by atoms with van der Waals surface area (Å²) in [5.41, 5.74) is 1.18. The van der Waals surface area contributed by atoms with Gasteiger partial charge in [-0.2, -0.15) is 5.10 Å². The minimum Gasteiger partial charge on any atom is -0.497 e. The van der Waals surface area contributed by atoms with Crippen molar-refractivity contribution in [1.29, 1.82) is 0 Å². The van der Waals surface area contributed by atoms with Gasteiger partial charge in [0.05, 0.1) is 39.0 Å². The number of carbonyl (C=O) groups is 1. The Bertz CT molecular complexity index is 1080. The molecule has 0 unspecified atom stereocenters. The third-order valence-corrected chi connectivity index (χ3v) is 5.65. The van der Waals surface area contributed by atoms with E-state index in [9.17, 15) is 4.79 Å². The first kappa shape index (κ1) is 25.6. The van der Waals surface area contributed by atoms with Crippen molar-refractivity contribution in [3.8, 4) is 11.5 Å². The standard InChI is InChI=1S/C23H32N6O4S/c1-6-33-10-8-24-20-19-14-26-29(21(19)28-23(27-20)34-15(2)3)9-7-25-22(30)16-11-17(31-4)13-18(12-16)32-5/h11-15H,6-10H2,1-5H3,(H,25,30)(H,24,27,28). The number of carbonyl (C=O) groups excluding carboxylic acids is 1. The highest BCUT2D eigenvalue weighted by Crippen LogP contribution is 2.26. The van der Waals surface area contributed by atoms with Crippen LogP contribution in [0.25, 0.3) is 11.0 Å². The lowest BCUT2D eigenvalue weighted by molar-refractivity contribution is 0.0951. The first-order valence-electron chi connectivity index (χ1n) is 11.2. The zero-order valence-electron chi connectivity index (χ0n) is 20.3. The maximum absolute atomic E-state index is 12.7. The van der Waals surface area contributed by atoms with Crippen molar-refractivity contribution >= 4 is 34.5 Å². The van der Waals surface area contributed by atoms with Gasteiger partial charge in [-0.25, -0.2) is 14.6 Å². The molecule has 0 atom stereocenters. The molecule has 184 valence electrons. The second-order valence-corrected chi connectivity index (χ2v) is 9.15. The van der Waals surface area contributed by atoms with Gasteiger partial charge in [-0.05, 0) is 19.1 Å². The summed E-state index contributed by atoms with van der Waals surface area (Å²) in [5.74, 6) is 1.61. The van der Waals surface area contributed by atoms with E-state index >= 15 is 0 Å². The van der Waals surface area contributed by atoms with Gasteiger partial charge in [-0.3, -0.25) is 4.79 Å². The summed E-state index contributed by atoms with van der Waals surface area (Å²) in [6.45, 7) is 8.88. The number of methoxy groups -OCH3 is 2.